The third kappa shape index (κ3) is 6.15. The molecular weight excluding hydrogens is 348 g/mol. The Morgan fingerprint density at radius 3 is 2.16 bits per heavy atom. The molecule has 1 aromatic carbocycles. The van der Waals surface area contributed by atoms with Crippen LogP contribution >= 0.6 is 0 Å². The van der Waals surface area contributed by atoms with Gasteiger partial charge in [0, 0.05) is 5.56 Å². The lowest BCUT2D eigenvalue weighted by molar-refractivity contribution is -0.156. The summed E-state index contributed by atoms with van der Waals surface area (Å²) in [7, 11) is -1.61. The first-order valence-corrected chi connectivity index (χ1v) is 9.17. The fraction of sp³-hybridized carbons (Fsp3) is 0.611. The van der Waals surface area contributed by atoms with Crippen LogP contribution in [0.15, 0.2) is 18.2 Å². The summed E-state index contributed by atoms with van der Waals surface area (Å²) in [5.74, 6) is -2.71. The number of ether oxygens (including phenoxy) is 1. The molecule has 0 radical (unpaired) electrons. The highest BCUT2D eigenvalue weighted by Crippen LogP contribution is 2.31. The minimum absolute atomic E-state index is 0.0732. The third-order valence-corrected chi connectivity index (χ3v) is 5.09. The van der Waals surface area contributed by atoms with E-state index in [0.717, 1.165) is 6.07 Å². The molecule has 0 aliphatic carbocycles. The maximum Gasteiger partial charge on any atom is 0.308 e. The Morgan fingerprint density at radius 2 is 1.68 bits per heavy atom. The molecule has 0 aliphatic rings. The summed E-state index contributed by atoms with van der Waals surface area (Å²) < 4.78 is 48.1. The Balaban J connectivity index is 3.29. The van der Waals surface area contributed by atoms with Crippen molar-refractivity contribution in [3.05, 3.63) is 35.4 Å². The van der Waals surface area contributed by atoms with Crippen LogP contribution < -0.4 is 4.72 Å². The van der Waals surface area contributed by atoms with E-state index in [9.17, 15) is 17.8 Å². The molecule has 0 saturated heterocycles. The Labute approximate surface area is 150 Å². The predicted octanol–water partition coefficient (Wildman–Crippen LogP) is 3.96. The van der Waals surface area contributed by atoms with Crippen molar-refractivity contribution in [2.24, 2.45) is 0 Å². The molecule has 0 aromatic heterocycles. The van der Waals surface area contributed by atoms with Crippen LogP contribution in [0, 0.1) is 11.6 Å². The number of nitrogens with one attached hydrogen (secondary N) is 1. The summed E-state index contributed by atoms with van der Waals surface area (Å²) >= 11 is 0. The number of carbonyl (C=O) groups is 1. The third-order valence-electron chi connectivity index (χ3n) is 3.34. The van der Waals surface area contributed by atoms with Gasteiger partial charge < -0.3 is 4.74 Å². The molecule has 0 aliphatic heterocycles. The highest BCUT2D eigenvalue weighted by atomic mass is 32.2. The van der Waals surface area contributed by atoms with Crippen molar-refractivity contribution in [1.29, 1.82) is 0 Å². The SMILES string of the molecule is CC(C)(C)OC(=O)CC(C)(NS(=O)C(C)(C)C)c1cccc(F)c1F. The first-order valence-electron chi connectivity index (χ1n) is 8.02. The summed E-state index contributed by atoms with van der Waals surface area (Å²) in [5, 5.41) is 0. The molecule has 142 valence electrons. The minimum atomic E-state index is -1.61. The van der Waals surface area contributed by atoms with E-state index in [2.05, 4.69) is 4.72 Å². The van der Waals surface area contributed by atoms with Gasteiger partial charge in [0.15, 0.2) is 11.6 Å². The van der Waals surface area contributed by atoms with Gasteiger partial charge in [0.05, 0.1) is 27.7 Å². The maximum absolute atomic E-state index is 14.4. The molecule has 1 rings (SSSR count). The lowest BCUT2D eigenvalue weighted by atomic mass is 9.89. The molecule has 1 aromatic rings. The van der Waals surface area contributed by atoms with Crippen molar-refractivity contribution < 1.29 is 22.5 Å². The van der Waals surface area contributed by atoms with Crippen LogP contribution in [-0.4, -0.2) is 20.5 Å². The molecule has 0 bridgehead atoms. The Kier molecular flexibility index (Phi) is 6.51. The molecule has 7 heteroatoms. The molecule has 0 fully saturated rings. The van der Waals surface area contributed by atoms with Gasteiger partial charge in [0.1, 0.15) is 5.60 Å². The van der Waals surface area contributed by atoms with Crippen LogP contribution in [0.5, 0.6) is 0 Å². The number of hydrogen-bond donors (Lipinski definition) is 1. The second kappa shape index (κ2) is 7.50. The van der Waals surface area contributed by atoms with E-state index < -0.39 is 44.5 Å². The van der Waals surface area contributed by atoms with Gasteiger partial charge in [-0.25, -0.2) is 17.7 Å². The molecule has 1 N–H and O–H groups in total. The molecular formula is C18H27F2NO3S. The smallest absolute Gasteiger partial charge is 0.308 e. The maximum atomic E-state index is 14.4. The number of benzene rings is 1. The molecule has 2 unspecified atom stereocenters. The molecule has 25 heavy (non-hydrogen) atoms. The van der Waals surface area contributed by atoms with Gasteiger partial charge in [0.25, 0.3) is 0 Å². The van der Waals surface area contributed by atoms with Gasteiger partial charge in [-0.05, 0) is 54.5 Å². The molecule has 0 amide bonds. The molecule has 4 nitrogen and oxygen atoms in total. The average molecular weight is 375 g/mol. The minimum Gasteiger partial charge on any atom is -0.460 e. The summed E-state index contributed by atoms with van der Waals surface area (Å²) in [5.41, 5.74) is -2.19. The fourth-order valence-electron chi connectivity index (χ4n) is 2.14. The number of carbonyl (C=O) groups excluding carboxylic acids is 1. The zero-order valence-corrected chi connectivity index (χ0v) is 16.6. The highest BCUT2D eigenvalue weighted by Gasteiger charge is 2.38. The first kappa shape index (κ1) is 21.7. The second-order valence-electron chi connectivity index (χ2n) is 8.18. The van der Waals surface area contributed by atoms with Gasteiger partial charge in [0.2, 0.25) is 0 Å². The largest absolute Gasteiger partial charge is 0.460 e. The molecule has 0 spiro atoms. The summed E-state index contributed by atoms with van der Waals surface area (Å²) in [6.45, 7) is 11.9. The summed E-state index contributed by atoms with van der Waals surface area (Å²) in [4.78, 5) is 12.3. The topological polar surface area (TPSA) is 55.4 Å². The lowest BCUT2D eigenvalue weighted by Crippen LogP contribution is -2.48. The van der Waals surface area contributed by atoms with E-state index in [0.29, 0.717) is 0 Å². The van der Waals surface area contributed by atoms with Gasteiger partial charge in [-0.2, -0.15) is 0 Å². The van der Waals surface area contributed by atoms with Crippen LogP contribution in [0.25, 0.3) is 0 Å². The lowest BCUT2D eigenvalue weighted by Gasteiger charge is -2.34. The van der Waals surface area contributed by atoms with Crippen LogP contribution in [0.4, 0.5) is 8.78 Å². The van der Waals surface area contributed by atoms with E-state index in [-0.39, 0.29) is 12.0 Å². The normalized spacial score (nSPS) is 16.2. The van der Waals surface area contributed by atoms with Crippen molar-refractivity contribution in [3.63, 3.8) is 0 Å². The van der Waals surface area contributed by atoms with E-state index >= 15 is 0 Å². The van der Waals surface area contributed by atoms with Crippen molar-refractivity contribution in [3.8, 4) is 0 Å². The van der Waals surface area contributed by atoms with Gasteiger partial charge in [-0.3, -0.25) is 4.79 Å². The van der Waals surface area contributed by atoms with E-state index in [4.69, 9.17) is 4.74 Å². The van der Waals surface area contributed by atoms with Crippen LogP contribution in [0.3, 0.4) is 0 Å². The summed E-state index contributed by atoms with van der Waals surface area (Å²) in [6, 6.07) is 3.71. The van der Waals surface area contributed by atoms with E-state index in [1.807, 2.05) is 0 Å². The second-order valence-corrected chi connectivity index (χ2v) is 10.1. The van der Waals surface area contributed by atoms with E-state index in [1.54, 1.807) is 41.5 Å². The van der Waals surface area contributed by atoms with Crippen LogP contribution in [0.2, 0.25) is 0 Å². The number of rotatable bonds is 5. The monoisotopic (exact) mass is 375 g/mol. The predicted molar refractivity (Wildman–Crippen MR) is 95.2 cm³/mol. The molecule has 0 saturated carbocycles. The average Bonchev–Trinajstić information content (AvgIpc) is 2.37. The van der Waals surface area contributed by atoms with Crippen molar-refractivity contribution >= 4 is 17.0 Å². The molecule has 0 heterocycles. The molecule has 2 atom stereocenters. The number of esters is 1. The summed E-state index contributed by atoms with van der Waals surface area (Å²) in [6.07, 6.45) is -0.299. The van der Waals surface area contributed by atoms with Crippen molar-refractivity contribution in [2.45, 2.75) is 70.8 Å². The van der Waals surface area contributed by atoms with Crippen LogP contribution in [-0.2, 0) is 26.1 Å². The quantitative estimate of drug-likeness (QED) is 0.793. The fourth-order valence-corrected chi connectivity index (χ4v) is 3.04. The Bertz CT molecular complexity index is 665. The number of hydrogen-bond acceptors (Lipinski definition) is 3. The van der Waals surface area contributed by atoms with Crippen LogP contribution in [0.1, 0.15) is 60.5 Å². The standard InChI is InChI=1S/C18H27F2NO3S/c1-16(2,3)24-14(22)11-18(7,21-25(23)17(4,5)6)12-9-8-10-13(19)15(12)20/h8-10,21H,11H2,1-7H3. The highest BCUT2D eigenvalue weighted by molar-refractivity contribution is 7.84. The zero-order valence-electron chi connectivity index (χ0n) is 15.8. The zero-order chi connectivity index (χ0) is 19.6. The van der Waals surface area contributed by atoms with Gasteiger partial charge in [-0.15, -0.1) is 0 Å². The first-order chi connectivity index (χ1) is 11.2. The van der Waals surface area contributed by atoms with Gasteiger partial charge in [-0.1, -0.05) is 12.1 Å². The van der Waals surface area contributed by atoms with Gasteiger partial charge >= 0.3 is 5.97 Å². The van der Waals surface area contributed by atoms with Crippen molar-refractivity contribution in [1.82, 2.24) is 4.72 Å². The number of halogens is 2. The Morgan fingerprint density at radius 1 is 1.12 bits per heavy atom. The van der Waals surface area contributed by atoms with Crippen molar-refractivity contribution in [2.75, 3.05) is 0 Å². The Hall–Kier alpha value is -1.34. The van der Waals surface area contributed by atoms with E-state index in [1.165, 1.54) is 19.1 Å².